The van der Waals surface area contributed by atoms with E-state index in [1.54, 1.807) is 18.2 Å². The molecule has 0 bridgehead atoms. The predicted octanol–water partition coefficient (Wildman–Crippen LogP) is 4.11. The van der Waals surface area contributed by atoms with Gasteiger partial charge in [-0.3, -0.25) is 4.79 Å². The summed E-state index contributed by atoms with van der Waals surface area (Å²) in [7, 11) is -3.79. The van der Waals surface area contributed by atoms with Crippen LogP contribution in [0.2, 0.25) is 5.02 Å². The molecule has 11 heteroatoms. The Morgan fingerprint density at radius 2 is 2.00 bits per heavy atom. The van der Waals surface area contributed by atoms with E-state index in [9.17, 15) is 17.6 Å². The third-order valence-electron chi connectivity index (χ3n) is 4.65. The quantitative estimate of drug-likeness (QED) is 0.611. The van der Waals surface area contributed by atoms with Crippen LogP contribution in [-0.2, 0) is 10.0 Å². The fourth-order valence-corrected chi connectivity index (χ4v) is 6.15. The Balaban J connectivity index is 1.56. The second-order valence-electron chi connectivity index (χ2n) is 6.61. The standard InChI is InChI=1S/C19H16ClFN4O3S2/c20-12-5-3-6-13(11-12)30(27,28)25-10-4-9-16(25)18-23-24-19(29-18)17(26)22-15-8-2-1-7-14(15)21/h1-3,5-8,11,16H,4,9-10H2,(H,22,26). The van der Waals surface area contributed by atoms with Crippen LogP contribution in [0, 0.1) is 5.82 Å². The van der Waals surface area contributed by atoms with Gasteiger partial charge in [0.1, 0.15) is 10.8 Å². The van der Waals surface area contributed by atoms with E-state index in [2.05, 4.69) is 15.5 Å². The number of para-hydroxylation sites is 1. The summed E-state index contributed by atoms with van der Waals surface area (Å²) in [6, 6.07) is 11.3. The normalized spacial score (nSPS) is 17.2. The maximum Gasteiger partial charge on any atom is 0.286 e. The summed E-state index contributed by atoms with van der Waals surface area (Å²) in [4.78, 5) is 12.5. The van der Waals surface area contributed by atoms with Gasteiger partial charge in [-0.1, -0.05) is 41.1 Å². The number of carbonyl (C=O) groups is 1. The van der Waals surface area contributed by atoms with E-state index >= 15 is 0 Å². The number of nitrogens with zero attached hydrogens (tertiary/aromatic N) is 3. The molecule has 4 rings (SSSR count). The van der Waals surface area contributed by atoms with Gasteiger partial charge in [0.05, 0.1) is 16.6 Å². The summed E-state index contributed by atoms with van der Waals surface area (Å²) in [6.07, 6.45) is 1.21. The highest BCUT2D eigenvalue weighted by atomic mass is 35.5. The number of benzene rings is 2. The van der Waals surface area contributed by atoms with Crippen LogP contribution in [0.1, 0.15) is 33.7 Å². The lowest BCUT2D eigenvalue weighted by molar-refractivity contribution is 0.102. The highest BCUT2D eigenvalue weighted by molar-refractivity contribution is 7.89. The van der Waals surface area contributed by atoms with Gasteiger partial charge in [0.2, 0.25) is 15.0 Å². The van der Waals surface area contributed by atoms with Crippen molar-refractivity contribution in [3.63, 3.8) is 0 Å². The largest absolute Gasteiger partial charge is 0.317 e. The molecule has 156 valence electrons. The van der Waals surface area contributed by atoms with E-state index in [0.717, 1.165) is 11.3 Å². The number of nitrogens with one attached hydrogen (secondary N) is 1. The van der Waals surface area contributed by atoms with Crippen molar-refractivity contribution in [1.29, 1.82) is 0 Å². The van der Waals surface area contributed by atoms with E-state index in [4.69, 9.17) is 11.6 Å². The molecule has 1 saturated heterocycles. The van der Waals surface area contributed by atoms with Gasteiger partial charge in [0.25, 0.3) is 5.91 Å². The van der Waals surface area contributed by atoms with Crippen LogP contribution in [0.5, 0.6) is 0 Å². The molecule has 30 heavy (non-hydrogen) atoms. The molecule has 1 aromatic heterocycles. The second kappa shape index (κ2) is 8.38. The third kappa shape index (κ3) is 4.08. The van der Waals surface area contributed by atoms with Gasteiger partial charge in [-0.15, -0.1) is 10.2 Å². The first-order valence-corrected chi connectivity index (χ1v) is 11.7. The number of sulfonamides is 1. The number of anilines is 1. The number of hydrogen-bond acceptors (Lipinski definition) is 6. The summed E-state index contributed by atoms with van der Waals surface area (Å²) in [5.74, 6) is -1.17. The van der Waals surface area contributed by atoms with E-state index in [1.165, 1.54) is 34.6 Å². The molecule has 3 aromatic rings. The summed E-state index contributed by atoms with van der Waals surface area (Å²) in [6.45, 7) is 0.329. The van der Waals surface area contributed by atoms with Gasteiger partial charge >= 0.3 is 0 Å². The van der Waals surface area contributed by atoms with Crippen LogP contribution in [0.3, 0.4) is 0 Å². The number of carbonyl (C=O) groups excluding carboxylic acids is 1. The molecule has 1 fully saturated rings. The van der Waals surface area contributed by atoms with Crippen LogP contribution >= 0.6 is 22.9 Å². The molecule has 1 unspecified atom stereocenters. The van der Waals surface area contributed by atoms with E-state index in [1.807, 2.05) is 0 Å². The fraction of sp³-hybridized carbons (Fsp3) is 0.211. The average Bonchev–Trinajstić information content (AvgIpc) is 3.39. The molecule has 1 atom stereocenters. The minimum absolute atomic E-state index is 0.0280. The molecule has 2 heterocycles. The topological polar surface area (TPSA) is 92.3 Å². The Kier molecular flexibility index (Phi) is 5.83. The molecular formula is C19H16ClFN4O3S2. The zero-order chi connectivity index (χ0) is 21.3. The number of rotatable bonds is 5. The molecule has 0 aliphatic carbocycles. The monoisotopic (exact) mass is 466 g/mol. The number of amides is 1. The lowest BCUT2D eigenvalue weighted by atomic mass is 10.2. The van der Waals surface area contributed by atoms with Crippen molar-refractivity contribution >= 4 is 44.6 Å². The van der Waals surface area contributed by atoms with E-state index < -0.39 is 27.8 Å². The summed E-state index contributed by atoms with van der Waals surface area (Å²) >= 11 is 6.95. The molecule has 2 aromatic carbocycles. The minimum atomic E-state index is -3.79. The maximum atomic E-state index is 13.8. The smallest absolute Gasteiger partial charge is 0.286 e. The molecule has 1 aliphatic heterocycles. The Labute approximate surface area is 181 Å². The van der Waals surface area contributed by atoms with Crippen molar-refractivity contribution in [3.05, 3.63) is 69.4 Å². The molecule has 1 N–H and O–H groups in total. The lowest BCUT2D eigenvalue weighted by Gasteiger charge is -2.22. The zero-order valence-electron chi connectivity index (χ0n) is 15.5. The molecular weight excluding hydrogens is 451 g/mol. The average molecular weight is 467 g/mol. The molecule has 1 amide bonds. The van der Waals surface area contributed by atoms with Crippen LogP contribution in [-0.4, -0.2) is 35.4 Å². The second-order valence-corrected chi connectivity index (χ2v) is 9.95. The first kappa shape index (κ1) is 20.9. The summed E-state index contributed by atoms with van der Waals surface area (Å²) in [5, 5.41) is 11.1. The highest BCUT2D eigenvalue weighted by Gasteiger charge is 2.38. The molecule has 0 saturated carbocycles. The van der Waals surface area contributed by atoms with Gasteiger partial charge in [-0.05, 0) is 43.2 Å². The Morgan fingerprint density at radius 3 is 2.77 bits per heavy atom. The van der Waals surface area contributed by atoms with E-state index in [-0.39, 0.29) is 15.6 Å². The van der Waals surface area contributed by atoms with Crippen LogP contribution in [0.25, 0.3) is 0 Å². The Hall–Kier alpha value is -2.40. The first-order valence-electron chi connectivity index (χ1n) is 9.03. The maximum absolute atomic E-state index is 13.8. The fourth-order valence-electron chi connectivity index (χ4n) is 3.24. The minimum Gasteiger partial charge on any atom is -0.317 e. The predicted molar refractivity (Wildman–Crippen MR) is 112 cm³/mol. The van der Waals surface area contributed by atoms with Crippen LogP contribution in [0.4, 0.5) is 10.1 Å². The summed E-state index contributed by atoms with van der Waals surface area (Å²) < 4.78 is 41.3. The third-order valence-corrected chi connectivity index (χ3v) is 7.81. The Morgan fingerprint density at radius 1 is 1.20 bits per heavy atom. The van der Waals surface area contributed by atoms with Crippen molar-refractivity contribution in [2.24, 2.45) is 0 Å². The number of aromatic nitrogens is 2. The van der Waals surface area contributed by atoms with Gasteiger partial charge < -0.3 is 5.32 Å². The number of hydrogen-bond donors (Lipinski definition) is 1. The van der Waals surface area contributed by atoms with E-state index in [0.29, 0.717) is 29.4 Å². The van der Waals surface area contributed by atoms with Gasteiger partial charge in [0.15, 0.2) is 0 Å². The number of halogens is 2. The van der Waals surface area contributed by atoms with Crippen molar-refractivity contribution in [1.82, 2.24) is 14.5 Å². The van der Waals surface area contributed by atoms with Crippen LogP contribution < -0.4 is 5.32 Å². The SMILES string of the molecule is O=C(Nc1ccccc1F)c1nnc(C2CCCN2S(=O)(=O)c2cccc(Cl)c2)s1. The Bertz CT molecular complexity index is 1200. The van der Waals surface area contributed by atoms with Crippen molar-refractivity contribution in [2.75, 3.05) is 11.9 Å². The first-order chi connectivity index (χ1) is 14.4. The van der Waals surface area contributed by atoms with Crippen molar-refractivity contribution in [2.45, 2.75) is 23.8 Å². The lowest BCUT2D eigenvalue weighted by Crippen LogP contribution is -2.30. The van der Waals surface area contributed by atoms with Crippen molar-refractivity contribution < 1.29 is 17.6 Å². The molecule has 0 spiro atoms. The highest BCUT2D eigenvalue weighted by Crippen LogP contribution is 2.38. The molecule has 7 nitrogen and oxygen atoms in total. The van der Waals surface area contributed by atoms with Gasteiger partial charge in [0, 0.05) is 11.6 Å². The van der Waals surface area contributed by atoms with Gasteiger partial charge in [-0.25, -0.2) is 12.8 Å². The molecule has 0 radical (unpaired) electrons. The van der Waals surface area contributed by atoms with Gasteiger partial charge in [-0.2, -0.15) is 4.31 Å². The summed E-state index contributed by atoms with van der Waals surface area (Å²) in [5.41, 5.74) is 0.0327. The van der Waals surface area contributed by atoms with Crippen LogP contribution in [0.15, 0.2) is 53.4 Å². The molecule has 1 aliphatic rings. The zero-order valence-corrected chi connectivity index (χ0v) is 17.8. The van der Waals surface area contributed by atoms with Crippen molar-refractivity contribution in [3.8, 4) is 0 Å².